The number of likely N-dealkylation sites (tertiary alicyclic amines) is 1. The average Bonchev–Trinajstić information content (AvgIpc) is 4.07. The van der Waals surface area contributed by atoms with Gasteiger partial charge in [-0.15, -0.1) is 0 Å². The number of hydrogen-bond acceptors (Lipinski definition) is 11. The van der Waals surface area contributed by atoms with Crippen LogP contribution in [0.1, 0.15) is 73.6 Å². The Bertz CT molecular complexity index is 3540. The molecule has 1 aliphatic heterocycles. The number of pyridine rings is 1. The summed E-state index contributed by atoms with van der Waals surface area (Å²) >= 11 is 0. The van der Waals surface area contributed by atoms with E-state index in [1.165, 1.54) is 6.42 Å². The van der Waals surface area contributed by atoms with Crippen molar-refractivity contribution < 1.29 is 5.11 Å². The third-order valence-corrected chi connectivity index (χ3v) is 14.5. The fourth-order valence-electron chi connectivity index (χ4n) is 10.9. The van der Waals surface area contributed by atoms with Crippen LogP contribution in [0, 0.1) is 0 Å². The zero-order valence-electron chi connectivity index (χ0n) is 36.9. The van der Waals surface area contributed by atoms with Gasteiger partial charge in [0.1, 0.15) is 45.7 Å². The van der Waals surface area contributed by atoms with Crippen molar-refractivity contribution in [2.45, 2.75) is 61.9 Å². The Hall–Kier alpha value is -7.61. The van der Waals surface area contributed by atoms with Crippen molar-refractivity contribution in [2.75, 3.05) is 31.1 Å². The number of aromatic nitrogens is 9. The molecule has 10 aromatic rings. The lowest BCUT2D eigenvalue weighted by Gasteiger charge is -2.45. The molecule has 0 radical (unpaired) electrons. The van der Waals surface area contributed by atoms with Crippen molar-refractivity contribution >= 4 is 44.6 Å². The molecule has 1 saturated heterocycles. The zero-order valence-corrected chi connectivity index (χ0v) is 36.9. The molecular formula is C54H48N12O. The van der Waals surface area contributed by atoms with E-state index in [4.69, 9.17) is 36.4 Å². The molecule has 5 N–H and O–H groups in total. The molecule has 3 fully saturated rings. The Labute approximate surface area is 386 Å². The van der Waals surface area contributed by atoms with Crippen molar-refractivity contribution in [3.05, 3.63) is 151 Å². The van der Waals surface area contributed by atoms with Crippen LogP contribution >= 0.6 is 0 Å². The van der Waals surface area contributed by atoms with Crippen LogP contribution in [0.25, 0.3) is 78.0 Å². The molecule has 13 nitrogen and oxygen atoms in total. The first kappa shape index (κ1) is 39.7. The van der Waals surface area contributed by atoms with Crippen molar-refractivity contribution in [1.82, 2.24) is 48.6 Å². The molecule has 6 aromatic heterocycles. The second-order valence-corrected chi connectivity index (χ2v) is 18.9. The Morgan fingerprint density at radius 3 is 1.87 bits per heavy atom. The summed E-state index contributed by atoms with van der Waals surface area (Å²) in [6.07, 6.45) is 13.0. The van der Waals surface area contributed by atoms with Crippen LogP contribution < -0.4 is 11.5 Å². The normalized spacial score (nSPS) is 20.0. The van der Waals surface area contributed by atoms with Gasteiger partial charge in [-0.1, -0.05) is 91.3 Å². The van der Waals surface area contributed by atoms with E-state index in [1.807, 2.05) is 36.7 Å². The van der Waals surface area contributed by atoms with Gasteiger partial charge in [-0.05, 0) is 62.9 Å². The topological polar surface area (TPSA) is 175 Å². The first-order chi connectivity index (χ1) is 32.8. The average molecular weight is 881 g/mol. The Balaban J connectivity index is 0.761. The first-order valence-electron chi connectivity index (χ1n) is 23.4. The van der Waals surface area contributed by atoms with Crippen molar-refractivity contribution in [3.63, 3.8) is 0 Å². The van der Waals surface area contributed by atoms with Gasteiger partial charge in [0.25, 0.3) is 0 Å². The first-order valence-corrected chi connectivity index (χ1v) is 23.4. The van der Waals surface area contributed by atoms with Gasteiger partial charge in [0.2, 0.25) is 0 Å². The second kappa shape index (κ2) is 15.5. The molecule has 0 amide bonds. The maximum absolute atomic E-state index is 12.1. The van der Waals surface area contributed by atoms with E-state index in [-0.39, 0.29) is 11.8 Å². The molecule has 7 heterocycles. The lowest BCUT2D eigenvalue weighted by atomic mass is 9.70. The minimum Gasteiger partial charge on any atom is -0.389 e. The predicted molar refractivity (Wildman–Crippen MR) is 262 cm³/mol. The number of benzene rings is 4. The van der Waals surface area contributed by atoms with Gasteiger partial charge < -0.3 is 16.6 Å². The largest absolute Gasteiger partial charge is 0.389 e. The number of fused-ring (bicyclic) bond motifs is 4. The minimum absolute atomic E-state index is 0.0494. The number of hydrogen-bond donors (Lipinski definition) is 3. The molecule has 13 heteroatoms. The maximum Gasteiger partial charge on any atom is 0.150 e. The number of imidazole rings is 2. The standard InChI is InChI=1S/C54H48N12O/c55-50-48-47(62-52(35-12-7-13-35)65(48)24-21-57-50)37-17-19-41-43(27-37)61-44(34-10-5-2-6-11-34)45(60-41)38-20-23-64(30-38)31-54(67)28-39(29-54)53-63-46(49-51(56)58-22-25-66(49)53)36-15-14-33-16-18-40(59-42(33)26-36)32-8-3-1-4-9-32/h1-6,8-11,14-19,21-22,24-27,35,38-39,67H,7,12-13,20,23,28-31H2,(H2,55,57)(H2,56,58). The molecule has 67 heavy (non-hydrogen) atoms. The van der Waals surface area contributed by atoms with Crippen molar-refractivity contribution in [3.8, 4) is 45.0 Å². The molecular weight excluding hydrogens is 833 g/mol. The van der Waals surface area contributed by atoms with Gasteiger partial charge in [0.15, 0.2) is 0 Å². The number of rotatable bonds is 9. The molecule has 4 aromatic carbocycles. The van der Waals surface area contributed by atoms with E-state index >= 15 is 0 Å². The number of nitrogens with two attached hydrogens (primary N) is 2. The Morgan fingerprint density at radius 1 is 0.567 bits per heavy atom. The van der Waals surface area contributed by atoms with Crippen LogP contribution in [-0.4, -0.2) is 78.9 Å². The molecule has 2 aliphatic carbocycles. The summed E-state index contributed by atoms with van der Waals surface area (Å²) in [5, 5.41) is 13.2. The highest BCUT2D eigenvalue weighted by Gasteiger charge is 2.47. The smallest absolute Gasteiger partial charge is 0.150 e. The molecule has 13 rings (SSSR count). The zero-order chi connectivity index (χ0) is 44.8. The monoisotopic (exact) mass is 880 g/mol. The van der Waals surface area contributed by atoms with Crippen LogP contribution in [-0.2, 0) is 0 Å². The number of β-amino-alcohol motifs (C(OH)–C–C–N with tert-alkyl or cyclic N) is 1. The molecule has 0 spiro atoms. The van der Waals surface area contributed by atoms with Gasteiger partial charge >= 0.3 is 0 Å². The number of aliphatic hydroxyl groups is 1. The summed E-state index contributed by atoms with van der Waals surface area (Å²) in [5.74, 6) is 3.43. The van der Waals surface area contributed by atoms with E-state index < -0.39 is 5.60 Å². The summed E-state index contributed by atoms with van der Waals surface area (Å²) in [6.45, 7) is 2.21. The third-order valence-electron chi connectivity index (χ3n) is 14.5. The van der Waals surface area contributed by atoms with E-state index in [9.17, 15) is 5.11 Å². The summed E-state index contributed by atoms with van der Waals surface area (Å²) < 4.78 is 4.19. The quantitative estimate of drug-likeness (QED) is 0.126. The SMILES string of the molecule is Nc1nccn2c(C3CCC3)nc(-c3ccc4nc(C5CCN(CC6(O)CC(c7nc(-c8ccc9ccc(-c%10ccccc%10)nc9c8)c8c(N)nccn78)C6)C5)c(-c5ccccc5)nc4c3)c12. The summed E-state index contributed by atoms with van der Waals surface area (Å²) in [6, 6.07) is 37.2. The maximum atomic E-state index is 12.1. The third kappa shape index (κ3) is 6.79. The minimum atomic E-state index is -0.854. The van der Waals surface area contributed by atoms with Gasteiger partial charge in [-0.3, -0.25) is 13.7 Å². The number of nitrogen functional groups attached to an aromatic ring is 2. The van der Waals surface area contributed by atoms with E-state index in [1.54, 1.807) is 12.4 Å². The van der Waals surface area contributed by atoms with Crippen LogP contribution in [0.15, 0.2) is 134 Å². The Morgan fingerprint density at radius 2 is 1.19 bits per heavy atom. The number of anilines is 2. The van der Waals surface area contributed by atoms with Gasteiger partial charge in [-0.25, -0.2) is 34.9 Å². The van der Waals surface area contributed by atoms with Crippen LogP contribution in [0.5, 0.6) is 0 Å². The molecule has 3 aliphatic rings. The lowest BCUT2D eigenvalue weighted by Crippen LogP contribution is -2.51. The molecule has 330 valence electrons. The van der Waals surface area contributed by atoms with Crippen molar-refractivity contribution in [2.24, 2.45) is 0 Å². The summed E-state index contributed by atoms with van der Waals surface area (Å²) in [5.41, 5.74) is 24.7. The highest BCUT2D eigenvalue weighted by atomic mass is 16.3. The van der Waals surface area contributed by atoms with E-state index in [0.29, 0.717) is 36.9 Å². The fourth-order valence-corrected chi connectivity index (χ4v) is 10.9. The summed E-state index contributed by atoms with van der Waals surface area (Å²) in [4.78, 5) is 37.5. The van der Waals surface area contributed by atoms with Gasteiger partial charge in [-0.2, -0.15) is 0 Å². The molecule has 2 saturated carbocycles. The van der Waals surface area contributed by atoms with E-state index in [2.05, 4.69) is 109 Å². The van der Waals surface area contributed by atoms with Crippen LogP contribution in [0.2, 0.25) is 0 Å². The Kier molecular flexibility index (Phi) is 9.19. The van der Waals surface area contributed by atoms with Gasteiger partial charge in [0.05, 0.1) is 39.2 Å². The molecule has 0 bridgehead atoms. The number of nitrogens with zero attached hydrogens (tertiary/aromatic N) is 10. The predicted octanol–water partition coefficient (Wildman–Crippen LogP) is 9.46. The summed E-state index contributed by atoms with van der Waals surface area (Å²) in [7, 11) is 0. The van der Waals surface area contributed by atoms with E-state index in [0.717, 1.165) is 128 Å². The van der Waals surface area contributed by atoms with Crippen LogP contribution in [0.4, 0.5) is 11.6 Å². The van der Waals surface area contributed by atoms with Crippen molar-refractivity contribution in [1.29, 1.82) is 0 Å². The highest BCUT2D eigenvalue weighted by molar-refractivity contribution is 5.92. The highest BCUT2D eigenvalue weighted by Crippen LogP contribution is 2.47. The lowest BCUT2D eigenvalue weighted by molar-refractivity contribution is -0.0706. The second-order valence-electron chi connectivity index (χ2n) is 18.9. The van der Waals surface area contributed by atoms with Gasteiger partial charge in [0, 0.05) is 83.3 Å². The van der Waals surface area contributed by atoms with Crippen LogP contribution in [0.3, 0.4) is 0 Å². The fraction of sp³-hybridized carbons (Fsp3) is 0.241. The molecule has 1 unspecified atom stereocenters. The molecule has 1 atom stereocenters.